The van der Waals surface area contributed by atoms with Crippen LogP contribution in [0.2, 0.25) is 0 Å². The van der Waals surface area contributed by atoms with Gasteiger partial charge in [0.25, 0.3) is 5.91 Å². The average molecular weight is 397 g/mol. The molecular formula is C22H23NO6. The molecule has 0 spiro atoms. The summed E-state index contributed by atoms with van der Waals surface area (Å²) in [6.07, 6.45) is -0.434. The van der Waals surface area contributed by atoms with E-state index in [1.807, 2.05) is 26.0 Å². The van der Waals surface area contributed by atoms with E-state index in [-0.39, 0.29) is 24.4 Å². The molecule has 7 nitrogen and oxygen atoms in total. The van der Waals surface area contributed by atoms with Crippen LogP contribution < -0.4 is 4.74 Å². The van der Waals surface area contributed by atoms with Crippen molar-refractivity contribution in [2.45, 2.75) is 32.4 Å². The standard InChI is InChI=1S/C22H23NO6/c1-13-8-9-19(17(10-13)22(27)28-3)29-15-11-18(21(25)26)23(12-15)20(24)16-7-5-4-6-14(16)2/h4-10,15,18H,11-12H2,1-3H3,(H,25,26)/t15-,18-/m0/s1. The molecule has 1 amide bonds. The summed E-state index contributed by atoms with van der Waals surface area (Å²) in [5, 5.41) is 9.63. The monoisotopic (exact) mass is 397 g/mol. The number of benzene rings is 2. The van der Waals surface area contributed by atoms with Gasteiger partial charge in [-0.05, 0) is 37.6 Å². The highest BCUT2D eigenvalue weighted by Crippen LogP contribution is 2.28. The number of likely N-dealkylation sites (tertiary alicyclic amines) is 1. The molecule has 1 aliphatic rings. The topological polar surface area (TPSA) is 93.1 Å². The van der Waals surface area contributed by atoms with Crippen molar-refractivity contribution in [2.75, 3.05) is 13.7 Å². The summed E-state index contributed by atoms with van der Waals surface area (Å²) >= 11 is 0. The Bertz CT molecular complexity index is 954. The van der Waals surface area contributed by atoms with E-state index in [0.29, 0.717) is 11.3 Å². The fourth-order valence-corrected chi connectivity index (χ4v) is 3.50. The van der Waals surface area contributed by atoms with Crippen LogP contribution in [0, 0.1) is 13.8 Å². The highest BCUT2D eigenvalue weighted by Gasteiger charge is 2.41. The minimum atomic E-state index is -1.09. The maximum Gasteiger partial charge on any atom is 0.341 e. The first-order valence-corrected chi connectivity index (χ1v) is 9.27. The summed E-state index contributed by atoms with van der Waals surface area (Å²) in [7, 11) is 1.28. The van der Waals surface area contributed by atoms with Crippen molar-refractivity contribution in [1.82, 2.24) is 4.90 Å². The maximum atomic E-state index is 13.0. The molecule has 2 atom stereocenters. The van der Waals surface area contributed by atoms with Crippen LogP contribution in [0.5, 0.6) is 5.75 Å². The summed E-state index contributed by atoms with van der Waals surface area (Å²) in [6.45, 7) is 3.76. The number of hydrogen-bond acceptors (Lipinski definition) is 5. The lowest BCUT2D eigenvalue weighted by Crippen LogP contribution is -2.41. The number of amides is 1. The first-order chi connectivity index (χ1) is 13.8. The van der Waals surface area contributed by atoms with Gasteiger partial charge in [-0.2, -0.15) is 0 Å². The zero-order valence-electron chi connectivity index (χ0n) is 16.5. The molecule has 0 bridgehead atoms. The Morgan fingerprint density at radius 2 is 1.79 bits per heavy atom. The maximum absolute atomic E-state index is 13.0. The number of hydrogen-bond donors (Lipinski definition) is 1. The Morgan fingerprint density at radius 1 is 1.07 bits per heavy atom. The van der Waals surface area contributed by atoms with Crippen LogP contribution in [-0.4, -0.2) is 53.7 Å². The number of carboxylic acids is 1. The van der Waals surface area contributed by atoms with Crippen molar-refractivity contribution in [1.29, 1.82) is 0 Å². The van der Waals surface area contributed by atoms with E-state index in [1.165, 1.54) is 12.0 Å². The Hall–Kier alpha value is -3.35. The van der Waals surface area contributed by atoms with Gasteiger partial charge < -0.3 is 19.5 Å². The summed E-state index contributed by atoms with van der Waals surface area (Å²) < 4.78 is 10.8. The fourth-order valence-electron chi connectivity index (χ4n) is 3.50. The molecule has 1 heterocycles. The molecule has 1 aliphatic heterocycles. The van der Waals surface area contributed by atoms with Gasteiger partial charge in [-0.1, -0.05) is 29.8 Å². The molecule has 0 saturated carbocycles. The second kappa shape index (κ2) is 8.34. The highest BCUT2D eigenvalue weighted by molar-refractivity contribution is 5.98. The summed E-state index contributed by atoms with van der Waals surface area (Å²) in [5.41, 5.74) is 2.37. The molecule has 7 heteroatoms. The SMILES string of the molecule is COC(=O)c1cc(C)ccc1O[C@H]1C[C@@H](C(=O)O)N(C(=O)c2ccccc2C)C1. The molecule has 1 N–H and O–H groups in total. The van der Waals surface area contributed by atoms with E-state index in [2.05, 4.69) is 0 Å². The third-order valence-corrected chi connectivity index (χ3v) is 5.02. The van der Waals surface area contributed by atoms with Crippen molar-refractivity contribution in [3.8, 4) is 5.75 Å². The predicted octanol–water partition coefficient (Wildman–Crippen LogP) is 2.84. The third kappa shape index (κ3) is 4.23. The molecule has 0 radical (unpaired) electrons. The van der Waals surface area contributed by atoms with E-state index in [9.17, 15) is 19.5 Å². The summed E-state index contributed by atoms with van der Waals surface area (Å²) in [5.74, 6) is -1.67. The van der Waals surface area contributed by atoms with Gasteiger partial charge in [0, 0.05) is 12.0 Å². The first kappa shape index (κ1) is 20.4. The zero-order valence-corrected chi connectivity index (χ0v) is 16.5. The number of nitrogens with zero attached hydrogens (tertiary/aromatic N) is 1. The van der Waals surface area contributed by atoms with Crippen LogP contribution >= 0.6 is 0 Å². The Labute approximate surface area is 168 Å². The van der Waals surface area contributed by atoms with Gasteiger partial charge in [-0.3, -0.25) is 4.79 Å². The molecule has 1 saturated heterocycles. The number of carboxylic acid groups (broad SMARTS) is 1. The number of methoxy groups -OCH3 is 1. The van der Waals surface area contributed by atoms with Crippen LogP contribution in [-0.2, 0) is 9.53 Å². The Balaban J connectivity index is 1.85. The smallest absolute Gasteiger partial charge is 0.341 e. The minimum Gasteiger partial charge on any atom is -0.488 e. The van der Waals surface area contributed by atoms with E-state index in [1.54, 1.807) is 30.3 Å². The van der Waals surface area contributed by atoms with E-state index in [4.69, 9.17) is 9.47 Å². The number of ether oxygens (including phenoxy) is 2. The molecule has 0 unspecified atom stereocenters. The Kier molecular flexibility index (Phi) is 5.87. The molecule has 1 fully saturated rings. The third-order valence-electron chi connectivity index (χ3n) is 5.02. The van der Waals surface area contributed by atoms with Crippen molar-refractivity contribution in [3.63, 3.8) is 0 Å². The van der Waals surface area contributed by atoms with Crippen molar-refractivity contribution in [2.24, 2.45) is 0 Å². The molecule has 152 valence electrons. The molecule has 0 aliphatic carbocycles. The number of esters is 1. The summed E-state index contributed by atoms with van der Waals surface area (Å²) in [4.78, 5) is 38.1. The van der Waals surface area contributed by atoms with Crippen molar-refractivity contribution in [3.05, 3.63) is 64.7 Å². The molecular weight excluding hydrogens is 374 g/mol. The van der Waals surface area contributed by atoms with Gasteiger partial charge in [0.1, 0.15) is 23.5 Å². The molecule has 2 aromatic rings. The first-order valence-electron chi connectivity index (χ1n) is 9.27. The van der Waals surface area contributed by atoms with E-state index < -0.39 is 24.1 Å². The van der Waals surface area contributed by atoms with Gasteiger partial charge in [0.15, 0.2) is 0 Å². The van der Waals surface area contributed by atoms with Gasteiger partial charge in [-0.15, -0.1) is 0 Å². The number of aliphatic carboxylic acids is 1. The second-order valence-electron chi connectivity index (χ2n) is 7.09. The lowest BCUT2D eigenvalue weighted by Gasteiger charge is -2.22. The van der Waals surface area contributed by atoms with Gasteiger partial charge in [0.05, 0.1) is 13.7 Å². The second-order valence-corrected chi connectivity index (χ2v) is 7.09. The fraction of sp³-hybridized carbons (Fsp3) is 0.318. The van der Waals surface area contributed by atoms with Crippen LogP contribution in [0.25, 0.3) is 0 Å². The number of rotatable bonds is 5. The predicted molar refractivity (Wildman–Crippen MR) is 105 cm³/mol. The lowest BCUT2D eigenvalue weighted by molar-refractivity contribution is -0.141. The number of aryl methyl sites for hydroxylation is 2. The van der Waals surface area contributed by atoms with Crippen LogP contribution in [0.3, 0.4) is 0 Å². The minimum absolute atomic E-state index is 0.110. The normalized spacial score (nSPS) is 18.4. The van der Waals surface area contributed by atoms with Gasteiger partial charge in [0.2, 0.25) is 0 Å². The largest absolute Gasteiger partial charge is 0.488 e. The number of carbonyl (C=O) groups excluding carboxylic acids is 2. The molecule has 2 aromatic carbocycles. The highest BCUT2D eigenvalue weighted by atomic mass is 16.5. The van der Waals surface area contributed by atoms with Gasteiger partial charge in [-0.25, -0.2) is 9.59 Å². The van der Waals surface area contributed by atoms with Crippen molar-refractivity contribution >= 4 is 17.8 Å². The zero-order chi connectivity index (χ0) is 21.1. The van der Waals surface area contributed by atoms with Crippen molar-refractivity contribution < 1.29 is 29.0 Å². The quantitative estimate of drug-likeness (QED) is 0.780. The van der Waals surface area contributed by atoms with E-state index in [0.717, 1.165) is 11.1 Å². The van der Waals surface area contributed by atoms with Crippen LogP contribution in [0.15, 0.2) is 42.5 Å². The van der Waals surface area contributed by atoms with Crippen LogP contribution in [0.1, 0.15) is 38.3 Å². The van der Waals surface area contributed by atoms with Crippen LogP contribution in [0.4, 0.5) is 0 Å². The van der Waals surface area contributed by atoms with Gasteiger partial charge >= 0.3 is 11.9 Å². The van der Waals surface area contributed by atoms with E-state index >= 15 is 0 Å². The molecule has 3 rings (SSSR count). The molecule has 29 heavy (non-hydrogen) atoms. The Morgan fingerprint density at radius 3 is 2.45 bits per heavy atom. The lowest BCUT2D eigenvalue weighted by atomic mass is 10.1. The summed E-state index contributed by atoms with van der Waals surface area (Å²) in [6, 6.07) is 11.2. The molecule has 0 aromatic heterocycles. The average Bonchev–Trinajstić information content (AvgIpc) is 3.13. The number of carbonyl (C=O) groups is 3.